The van der Waals surface area contributed by atoms with Crippen LogP contribution < -0.4 is 10.2 Å². The van der Waals surface area contributed by atoms with Gasteiger partial charge < -0.3 is 25.2 Å². The second kappa shape index (κ2) is 12.1. The minimum absolute atomic E-state index is 0.0249. The molecule has 2 heterocycles. The predicted octanol–water partition coefficient (Wildman–Crippen LogP) is 6.51. The van der Waals surface area contributed by atoms with Crippen LogP contribution in [0.3, 0.4) is 0 Å². The van der Waals surface area contributed by atoms with Crippen molar-refractivity contribution in [1.82, 2.24) is 9.88 Å². The van der Waals surface area contributed by atoms with Gasteiger partial charge in [-0.2, -0.15) is 0 Å². The number of aliphatic imine (C=N–C) groups is 1. The van der Waals surface area contributed by atoms with Crippen molar-refractivity contribution >= 4 is 57.5 Å². The van der Waals surface area contributed by atoms with Crippen LogP contribution in [-0.2, 0) is 0 Å². The van der Waals surface area contributed by atoms with Crippen LogP contribution in [0.4, 0.5) is 17.1 Å². The van der Waals surface area contributed by atoms with Crippen LogP contribution in [0.15, 0.2) is 96.0 Å². The first kappa shape index (κ1) is 28.2. The Hall–Kier alpha value is -4.92. The molecule has 1 aliphatic rings. The van der Waals surface area contributed by atoms with Gasteiger partial charge in [0, 0.05) is 76.4 Å². The molecular weight excluding hydrogens is 562 g/mol. The van der Waals surface area contributed by atoms with Gasteiger partial charge in [-0.15, -0.1) is 0 Å². The fourth-order valence-electron chi connectivity index (χ4n) is 5.17. The number of anilines is 2. The van der Waals surface area contributed by atoms with Crippen LogP contribution in [-0.4, -0.2) is 66.1 Å². The van der Waals surface area contributed by atoms with Gasteiger partial charge in [0.05, 0.1) is 11.3 Å². The van der Waals surface area contributed by atoms with Crippen molar-refractivity contribution in [2.75, 3.05) is 43.4 Å². The monoisotopic (exact) mass is 591 g/mol. The molecule has 3 N–H and O–H groups in total. The number of halogens is 1. The second-order valence-corrected chi connectivity index (χ2v) is 11.0. The number of nitrogens with one attached hydrogen (secondary N) is 2. The molecule has 0 spiro atoms. The van der Waals surface area contributed by atoms with Crippen molar-refractivity contribution in [3.05, 3.63) is 118 Å². The molecule has 6 rings (SSSR count). The molecule has 1 fully saturated rings. The van der Waals surface area contributed by atoms with Gasteiger partial charge >= 0.3 is 0 Å². The third kappa shape index (κ3) is 6.30. The highest BCUT2D eigenvalue weighted by molar-refractivity contribution is 6.31. The second-order valence-electron chi connectivity index (χ2n) is 10.6. The average molecular weight is 592 g/mol. The number of hydrogen-bond acceptors (Lipinski definition) is 6. The minimum Gasteiger partial charge on any atom is -0.494 e. The summed E-state index contributed by atoms with van der Waals surface area (Å²) in [6.07, 6.45) is 1.63. The molecule has 0 bridgehead atoms. The molecule has 5 aromatic rings. The van der Waals surface area contributed by atoms with Gasteiger partial charge in [0.2, 0.25) is 0 Å². The lowest BCUT2D eigenvalue weighted by Crippen LogP contribution is -2.44. The number of fused-ring (bicyclic) bond motifs is 1. The molecule has 1 saturated heterocycles. The molecule has 1 aromatic heterocycles. The molecule has 0 aliphatic carbocycles. The van der Waals surface area contributed by atoms with Crippen LogP contribution >= 0.6 is 11.6 Å². The van der Waals surface area contributed by atoms with E-state index in [1.807, 2.05) is 12.1 Å². The summed E-state index contributed by atoms with van der Waals surface area (Å²) in [4.78, 5) is 38.2. The molecule has 8 nitrogen and oxygen atoms in total. The maximum absolute atomic E-state index is 13.4. The Labute approximate surface area is 254 Å². The topological polar surface area (TPSA) is 101 Å². The van der Waals surface area contributed by atoms with E-state index in [0.717, 1.165) is 37.3 Å². The summed E-state index contributed by atoms with van der Waals surface area (Å²) in [6.45, 7) is 4.09. The molecule has 0 atom stereocenters. The summed E-state index contributed by atoms with van der Waals surface area (Å²) >= 11 is 6.01. The number of carbonyl (C=O) groups is 2. The predicted molar refractivity (Wildman–Crippen MR) is 173 cm³/mol. The van der Waals surface area contributed by atoms with Gasteiger partial charge in [0.1, 0.15) is 0 Å². The Kier molecular flexibility index (Phi) is 7.96. The standard InChI is InChI=1S/C34H30ClN5O3/c1-39-14-16-40(17-15-39)28-11-9-26(10-12-28)36-21-30-29-13-8-23(20-31(29)38-34(30)43)32(41)22-4-3-7-27(19-22)37-33(42)24-5-2-6-25(35)18-24/h2-13,18-21,38,43H,14-17H2,1H3,(H,37,42). The number of H-pyrrole nitrogens is 1. The number of ketones is 1. The normalized spacial score (nSPS) is 14.0. The number of aromatic nitrogens is 1. The van der Waals surface area contributed by atoms with Gasteiger partial charge in [0.25, 0.3) is 5.91 Å². The Morgan fingerprint density at radius 3 is 2.37 bits per heavy atom. The van der Waals surface area contributed by atoms with E-state index in [9.17, 15) is 14.7 Å². The number of likely N-dealkylation sites (N-methyl/N-ethyl adjacent to an activating group) is 1. The first-order valence-corrected chi connectivity index (χ1v) is 14.4. The van der Waals surface area contributed by atoms with Crippen molar-refractivity contribution in [3.8, 4) is 5.88 Å². The molecule has 1 amide bonds. The molecule has 216 valence electrons. The smallest absolute Gasteiger partial charge is 0.255 e. The zero-order valence-electron chi connectivity index (χ0n) is 23.5. The van der Waals surface area contributed by atoms with E-state index in [1.54, 1.807) is 72.9 Å². The number of nitrogens with zero attached hydrogens (tertiary/aromatic N) is 3. The third-order valence-electron chi connectivity index (χ3n) is 7.61. The fourth-order valence-corrected chi connectivity index (χ4v) is 5.36. The van der Waals surface area contributed by atoms with E-state index in [1.165, 1.54) is 5.69 Å². The Morgan fingerprint density at radius 1 is 0.884 bits per heavy atom. The van der Waals surface area contributed by atoms with E-state index < -0.39 is 0 Å². The number of benzene rings is 4. The van der Waals surface area contributed by atoms with E-state index in [-0.39, 0.29) is 17.6 Å². The van der Waals surface area contributed by atoms with Crippen LogP contribution in [0.5, 0.6) is 5.88 Å². The zero-order chi connectivity index (χ0) is 29.9. The van der Waals surface area contributed by atoms with E-state index in [4.69, 9.17) is 11.6 Å². The molecule has 0 saturated carbocycles. The SMILES string of the molecule is CN1CCN(c2ccc(N=Cc3c(O)[nH]c4cc(C(=O)c5cccc(NC(=O)c6cccc(Cl)c6)c5)ccc34)cc2)CC1. The molecular formula is C34H30ClN5O3. The zero-order valence-corrected chi connectivity index (χ0v) is 24.3. The summed E-state index contributed by atoms with van der Waals surface area (Å²) < 4.78 is 0. The molecule has 0 radical (unpaired) electrons. The van der Waals surface area contributed by atoms with Crippen molar-refractivity contribution in [1.29, 1.82) is 0 Å². The van der Waals surface area contributed by atoms with Crippen LogP contribution in [0.1, 0.15) is 31.8 Å². The van der Waals surface area contributed by atoms with E-state index >= 15 is 0 Å². The van der Waals surface area contributed by atoms with E-state index in [2.05, 4.69) is 44.3 Å². The van der Waals surface area contributed by atoms with Crippen molar-refractivity contribution in [2.24, 2.45) is 4.99 Å². The highest BCUT2D eigenvalue weighted by Crippen LogP contribution is 2.29. The average Bonchev–Trinajstić information content (AvgIpc) is 3.34. The highest BCUT2D eigenvalue weighted by Gasteiger charge is 2.16. The van der Waals surface area contributed by atoms with E-state index in [0.29, 0.717) is 38.5 Å². The summed E-state index contributed by atoms with van der Waals surface area (Å²) in [7, 11) is 2.14. The Bertz CT molecular complexity index is 1840. The minimum atomic E-state index is -0.324. The van der Waals surface area contributed by atoms with Crippen molar-refractivity contribution < 1.29 is 14.7 Å². The Balaban J connectivity index is 1.17. The fraction of sp³-hybridized carbons (Fsp3) is 0.147. The number of amides is 1. The maximum Gasteiger partial charge on any atom is 0.255 e. The number of carbonyl (C=O) groups excluding carboxylic acids is 2. The lowest BCUT2D eigenvalue weighted by Gasteiger charge is -2.34. The molecule has 0 unspecified atom stereocenters. The molecule has 43 heavy (non-hydrogen) atoms. The summed E-state index contributed by atoms with van der Waals surface area (Å²) in [5.41, 5.74) is 4.88. The van der Waals surface area contributed by atoms with Gasteiger partial charge in [0.15, 0.2) is 11.7 Å². The van der Waals surface area contributed by atoms with Crippen LogP contribution in [0, 0.1) is 0 Å². The molecule has 1 aliphatic heterocycles. The lowest BCUT2D eigenvalue weighted by atomic mass is 10.0. The first-order valence-electron chi connectivity index (χ1n) is 14.0. The Morgan fingerprint density at radius 2 is 1.60 bits per heavy atom. The lowest BCUT2D eigenvalue weighted by molar-refractivity contribution is 0.102. The largest absolute Gasteiger partial charge is 0.494 e. The summed E-state index contributed by atoms with van der Waals surface area (Å²) in [6, 6.07) is 26.7. The third-order valence-corrected chi connectivity index (χ3v) is 7.85. The quantitative estimate of drug-likeness (QED) is 0.148. The first-order chi connectivity index (χ1) is 20.8. The maximum atomic E-state index is 13.4. The number of aromatic hydroxyl groups is 1. The number of hydrogen-bond donors (Lipinski definition) is 3. The van der Waals surface area contributed by atoms with Gasteiger partial charge in [-0.1, -0.05) is 41.9 Å². The summed E-state index contributed by atoms with van der Waals surface area (Å²) in [5, 5.41) is 14.7. The molecule has 9 heteroatoms. The van der Waals surface area contributed by atoms with Crippen LogP contribution in [0.2, 0.25) is 5.02 Å². The van der Waals surface area contributed by atoms with Crippen molar-refractivity contribution in [3.63, 3.8) is 0 Å². The van der Waals surface area contributed by atoms with Crippen molar-refractivity contribution in [2.45, 2.75) is 0 Å². The van der Waals surface area contributed by atoms with Crippen LogP contribution in [0.25, 0.3) is 10.9 Å². The summed E-state index contributed by atoms with van der Waals surface area (Å²) in [5.74, 6) is -0.566. The number of aromatic amines is 1. The number of rotatable bonds is 7. The number of piperazine rings is 1. The van der Waals surface area contributed by atoms with Gasteiger partial charge in [-0.3, -0.25) is 14.6 Å². The van der Waals surface area contributed by atoms with Gasteiger partial charge in [-0.05, 0) is 67.7 Å². The highest BCUT2D eigenvalue weighted by atomic mass is 35.5. The van der Waals surface area contributed by atoms with Gasteiger partial charge in [-0.25, -0.2) is 0 Å². The molecule has 4 aromatic carbocycles.